The Hall–Kier alpha value is -3.25. The summed E-state index contributed by atoms with van der Waals surface area (Å²) >= 11 is 0. The molecule has 200 valence electrons. The van der Waals surface area contributed by atoms with Gasteiger partial charge in [0.05, 0.1) is 0 Å². The van der Waals surface area contributed by atoms with E-state index < -0.39 is 0 Å². The SMILES string of the molecule is CC1=CC(c2nc(-c3ccc(C(C)(C)C)cc3)no2)=CC1CCCc1ccc(NCCN2CCCC2)nc1. The van der Waals surface area contributed by atoms with Crippen molar-refractivity contribution in [1.82, 2.24) is 20.0 Å². The molecule has 1 unspecified atom stereocenters. The van der Waals surface area contributed by atoms with Gasteiger partial charge in [0.2, 0.25) is 5.82 Å². The van der Waals surface area contributed by atoms with Crippen LogP contribution in [0.4, 0.5) is 5.82 Å². The lowest BCUT2D eigenvalue weighted by Crippen LogP contribution is -2.26. The number of benzene rings is 1. The molecule has 1 aromatic carbocycles. The molecule has 0 spiro atoms. The molecule has 2 aliphatic rings. The summed E-state index contributed by atoms with van der Waals surface area (Å²) in [6.07, 6.45) is 12.4. The van der Waals surface area contributed by atoms with Crippen molar-refractivity contribution in [2.24, 2.45) is 5.92 Å². The molecule has 6 heteroatoms. The predicted molar refractivity (Wildman–Crippen MR) is 155 cm³/mol. The number of likely N-dealkylation sites (tertiary alicyclic amines) is 1. The number of allylic oxidation sites excluding steroid dienone is 4. The van der Waals surface area contributed by atoms with Crippen LogP contribution < -0.4 is 5.32 Å². The predicted octanol–water partition coefficient (Wildman–Crippen LogP) is 6.92. The zero-order valence-corrected chi connectivity index (χ0v) is 23.3. The van der Waals surface area contributed by atoms with E-state index in [4.69, 9.17) is 9.51 Å². The summed E-state index contributed by atoms with van der Waals surface area (Å²) < 4.78 is 5.65. The average molecular weight is 512 g/mol. The molecule has 6 nitrogen and oxygen atoms in total. The lowest BCUT2D eigenvalue weighted by atomic mass is 9.87. The number of nitrogens with zero attached hydrogens (tertiary/aromatic N) is 4. The van der Waals surface area contributed by atoms with Crippen LogP contribution in [0.2, 0.25) is 0 Å². The van der Waals surface area contributed by atoms with Gasteiger partial charge in [-0.2, -0.15) is 4.98 Å². The van der Waals surface area contributed by atoms with Crippen LogP contribution in [0.5, 0.6) is 0 Å². The minimum atomic E-state index is 0.122. The first-order chi connectivity index (χ1) is 18.3. The summed E-state index contributed by atoms with van der Waals surface area (Å²) in [6.45, 7) is 13.4. The topological polar surface area (TPSA) is 67.1 Å². The maximum absolute atomic E-state index is 5.65. The largest absolute Gasteiger partial charge is 0.369 e. The quantitative estimate of drug-likeness (QED) is 0.319. The first kappa shape index (κ1) is 26.4. The Balaban J connectivity index is 1.10. The van der Waals surface area contributed by atoms with E-state index in [1.165, 1.54) is 42.6 Å². The number of rotatable bonds is 10. The highest BCUT2D eigenvalue weighted by molar-refractivity contribution is 5.74. The molecular weight excluding hydrogens is 470 g/mol. The molecule has 1 atom stereocenters. The minimum absolute atomic E-state index is 0.122. The molecule has 5 rings (SSSR count). The zero-order chi connectivity index (χ0) is 26.5. The van der Waals surface area contributed by atoms with E-state index in [1.54, 1.807) is 0 Å². The summed E-state index contributed by atoms with van der Waals surface area (Å²) in [5.41, 5.74) is 6.06. The third kappa shape index (κ3) is 6.60. The lowest BCUT2D eigenvalue weighted by molar-refractivity contribution is 0.352. The van der Waals surface area contributed by atoms with E-state index in [-0.39, 0.29) is 5.41 Å². The first-order valence-corrected chi connectivity index (χ1v) is 14.1. The average Bonchev–Trinajstić information content (AvgIpc) is 3.67. The van der Waals surface area contributed by atoms with E-state index in [1.807, 2.05) is 6.20 Å². The number of anilines is 1. The molecule has 1 aliphatic heterocycles. The molecule has 1 N–H and O–H groups in total. The van der Waals surface area contributed by atoms with Crippen LogP contribution in [-0.2, 0) is 11.8 Å². The van der Waals surface area contributed by atoms with Crippen LogP contribution in [0, 0.1) is 5.92 Å². The summed E-state index contributed by atoms with van der Waals surface area (Å²) in [5, 5.41) is 7.71. The highest BCUT2D eigenvalue weighted by Gasteiger charge is 2.21. The van der Waals surface area contributed by atoms with Crippen molar-refractivity contribution in [3.05, 3.63) is 77.3 Å². The Bertz CT molecular complexity index is 1260. The Labute approximate surface area is 227 Å². The third-order valence-electron chi connectivity index (χ3n) is 7.77. The van der Waals surface area contributed by atoms with Crippen LogP contribution in [0.1, 0.15) is 70.4 Å². The Kier molecular flexibility index (Phi) is 8.08. The van der Waals surface area contributed by atoms with Gasteiger partial charge in [-0.3, -0.25) is 0 Å². The van der Waals surface area contributed by atoms with Gasteiger partial charge in [-0.25, -0.2) is 4.98 Å². The summed E-state index contributed by atoms with van der Waals surface area (Å²) in [6, 6.07) is 12.8. The fraction of sp³-hybridized carbons (Fsp3) is 0.469. The number of aromatic nitrogens is 3. The van der Waals surface area contributed by atoms with Crippen molar-refractivity contribution in [3.63, 3.8) is 0 Å². The molecule has 1 fully saturated rings. The number of aryl methyl sites for hydroxylation is 1. The molecule has 3 heterocycles. The maximum atomic E-state index is 5.65. The summed E-state index contributed by atoms with van der Waals surface area (Å²) in [7, 11) is 0. The van der Waals surface area contributed by atoms with Crippen LogP contribution in [0.3, 0.4) is 0 Å². The van der Waals surface area contributed by atoms with E-state index in [0.717, 1.165) is 49.3 Å². The fourth-order valence-electron chi connectivity index (χ4n) is 5.32. The van der Waals surface area contributed by atoms with Gasteiger partial charge in [-0.1, -0.05) is 74.0 Å². The van der Waals surface area contributed by atoms with Crippen molar-refractivity contribution in [2.45, 2.75) is 65.2 Å². The number of nitrogens with one attached hydrogen (secondary N) is 1. The molecule has 3 aromatic rings. The van der Waals surface area contributed by atoms with Gasteiger partial charge in [0.15, 0.2) is 0 Å². The van der Waals surface area contributed by atoms with Crippen molar-refractivity contribution in [2.75, 3.05) is 31.5 Å². The lowest BCUT2D eigenvalue weighted by Gasteiger charge is -2.18. The van der Waals surface area contributed by atoms with E-state index >= 15 is 0 Å². The highest BCUT2D eigenvalue weighted by Crippen LogP contribution is 2.34. The van der Waals surface area contributed by atoms with Gasteiger partial charge in [-0.05, 0) is 80.6 Å². The first-order valence-electron chi connectivity index (χ1n) is 14.1. The molecule has 1 saturated heterocycles. The van der Waals surface area contributed by atoms with Crippen molar-refractivity contribution >= 4 is 11.4 Å². The maximum Gasteiger partial charge on any atom is 0.257 e. The number of hydrogen-bond donors (Lipinski definition) is 1. The Morgan fingerprint density at radius 1 is 1.05 bits per heavy atom. The fourth-order valence-corrected chi connectivity index (χ4v) is 5.32. The highest BCUT2D eigenvalue weighted by atomic mass is 16.5. The summed E-state index contributed by atoms with van der Waals surface area (Å²) in [4.78, 5) is 11.8. The van der Waals surface area contributed by atoms with Crippen LogP contribution in [0.25, 0.3) is 17.0 Å². The van der Waals surface area contributed by atoms with Crippen LogP contribution >= 0.6 is 0 Å². The van der Waals surface area contributed by atoms with Crippen LogP contribution in [-0.4, -0.2) is 46.2 Å². The summed E-state index contributed by atoms with van der Waals surface area (Å²) in [5.74, 6) is 2.61. The van der Waals surface area contributed by atoms with Gasteiger partial charge >= 0.3 is 0 Å². The van der Waals surface area contributed by atoms with Gasteiger partial charge in [0, 0.05) is 30.4 Å². The van der Waals surface area contributed by atoms with E-state index in [9.17, 15) is 0 Å². The Morgan fingerprint density at radius 3 is 2.55 bits per heavy atom. The second-order valence-corrected chi connectivity index (χ2v) is 11.8. The monoisotopic (exact) mass is 511 g/mol. The second kappa shape index (κ2) is 11.6. The number of pyridine rings is 1. The third-order valence-corrected chi connectivity index (χ3v) is 7.77. The van der Waals surface area contributed by atoms with Crippen LogP contribution in [0.15, 0.2) is 64.8 Å². The minimum Gasteiger partial charge on any atom is -0.369 e. The molecule has 0 amide bonds. The standard InChI is InChI=1S/C32H41N5O/c1-23-20-27(31-35-30(36-38-31)25-11-13-28(14-12-25)32(2,3)4)21-26(23)9-7-8-24-10-15-29(34-22-24)33-16-19-37-17-5-6-18-37/h10-15,20-22,26H,5-9,16-19H2,1-4H3,(H,33,34). The molecule has 0 bridgehead atoms. The van der Waals surface area contributed by atoms with Crippen molar-refractivity contribution < 1.29 is 4.52 Å². The number of hydrogen-bond acceptors (Lipinski definition) is 6. The second-order valence-electron chi connectivity index (χ2n) is 11.8. The molecule has 38 heavy (non-hydrogen) atoms. The van der Waals surface area contributed by atoms with Gasteiger partial charge < -0.3 is 14.7 Å². The molecule has 2 aromatic heterocycles. The van der Waals surface area contributed by atoms with E-state index in [0.29, 0.717) is 17.6 Å². The van der Waals surface area contributed by atoms with Gasteiger partial charge in [0.25, 0.3) is 5.89 Å². The Morgan fingerprint density at radius 2 is 1.84 bits per heavy atom. The van der Waals surface area contributed by atoms with Crippen molar-refractivity contribution in [1.29, 1.82) is 0 Å². The molecule has 0 saturated carbocycles. The smallest absolute Gasteiger partial charge is 0.257 e. The normalized spacial score (nSPS) is 18.1. The van der Waals surface area contributed by atoms with E-state index in [2.05, 4.69) is 96.6 Å². The molecule has 1 aliphatic carbocycles. The van der Waals surface area contributed by atoms with Crippen molar-refractivity contribution in [3.8, 4) is 11.4 Å². The zero-order valence-electron chi connectivity index (χ0n) is 23.3. The van der Waals surface area contributed by atoms with Gasteiger partial charge in [0.1, 0.15) is 5.82 Å². The molecular formula is C32H41N5O. The molecule has 0 radical (unpaired) electrons. The van der Waals surface area contributed by atoms with Gasteiger partial charge in [-0.15, -0.1) is 0 Å².